The largest absolute Gasteiger partial charge is 0.492 e. The molecule has 1 aliphatic heterocycles. The third-order valence-corrected chi connectivity index (χ3v) is 6.75. The molecule has 0 unspecified atom stereocenters. The molecule has 0 spiro atoms. The van der Waals surface area contributed by atoms with E-state index in [9.17, 15) is 8.42 Å². The van der Waals surface area contributed by atoms with E-state index in [1.807, 2.05) is 19.9 Å². The molecule has 0 atom stereocenters. The molecule has 1 N–H and O–H groups in total. The number of sulfonamides is 1. The summed E-state index contributed by atoms with van der Waals surface area (Å²) in [7, 11) is -3.65. The highest BCUT2D eigenvalue weighted by Crippen LogP contribution is 2.32. The van der Waals surface area contributed by atoms with Crippen molar-refractivity contribution in [3.63, 3.8) is 0 Å². The summed E-state index contributed by atoms with van der Waals surface area (Å²) >= 11 is 0. The number of rotatable bonds is 6. The van der Waals surface area contributed by atoms with Crippen molar-refractivity contribution in [2.24, 2.45) is 0 Å². The molecule has 1 aliphatic rings. The fourth-order valence-electron chi connectivity index (χ4n) is 3.47. The van der Waals surface area contributed by atoms with E-state index in [4.69, 9.17) is 4.74 Å². The summed E-state index contributed by atoms with van der Waals surface area (Å²) in [5.41, 5.74) is 1.39. The molecule has 10 heteroatoms. The van der Waals surface area contributed by atoms with Crippen LogP contribution in [0.3, 0.4) is 0 Å². The molecule has 29 heavy (non-hydrogen) atoms. The molecule has 0 bridgehead atoms. The molecule has 1 saturated heterocycles. The Kier molecular flexibility index (Phi) is 5.37. The number of piperidine rings is 1. The summed E-state index contributed by atoms with van der Waals surface area (Å²) in [5, 5.41) is 7.42. The van der Waals surface area contributed by atoms with Gasteiger partial charge in [-0.2, -0.15) is 18.9 Å². The van der Waals surface area contributed by atoms with Crippen LogP contribution in [-0.2, 0) is 10.0 Å². The van der Waals surface area contributed by atoms with Gasteiger partial charge in [0.2, 0.25) is 10.0 Å². The number of anilines is 2. The summed E-state index contributed by atoms with van der Waals surface area (Å²) in [6, 6.07) is 6.93. The van der Waals surface area contributed by atoms with Crippen LogP contribution in [0.2, 0.25) is 0 Å². The minimum Gasteiger partial charge on any atom is -0.492 e. The fourth-order valence-corrected chi connectivity index (χ4v) is 5.15. The van der Waals surface area contributed by atoms with Gasteiger partial charge in [0.15, 0.2) is 0 Å². The second-order valence-corrected chi connectivity index (χ2v) is 8.85. The van der Waals surface area contributed by atoms with E-state index in [0.717, 1.165) is 25.0 Å². The van der Waals surface area contributed by atoms with Crippen molar-refractivity contribution in [1.82, 2.24) is 23.9 Å². The van der Waals surface area contributed by atoms with Crippen LogP contribution in [0, 0.1) is 6.92 Å². The molecule has 0 aliphatic carbocycles. The van der Waals surface area contributed by atoms with Gasteiger partial charge in [-0.25, -0.2) is 13.4 Å². The zero-order valence-electron chi connectivity index (χ0n) is 16.5. The SMILES string of the molecule is CCOc1ccc(Nc2cc(C)nc3ncnn23)cc1S(=O)(=O)N1CCCCC1. The zero-order valence-corrected chi connectivity index (χ0v) is 17.3. The Balaban J connectivity index is 1.74. The highest BCUT2D eigenvalue weighted by Gasteiger charge is 2.29. The predicted octanol–water partition coefficient (Wildman–Crippen LogP) is 2.75. The van der Waals surface area contributed by atoms with E-state index in [1.165, 1.54) is 6.33 Å². The molecule has 4 rings (SSSR count). The van der Waals surface area contributed by atoms with Crippen LogP contribution in [0.25, 0.3) is 5.78 Å². The standard InChI is InChI=1S/C19H24N6O3S/c1-3-28-16-8-7-15(12-17(16)29(26,27)24-9-5-4-6-10-24)23-18-11-14(2)22-19-20-13-21-25(18)19/h7-8,11-13,23H,3-6,9-10H2,1-2H3. The second-order valence-electron chi connectivity index (χ2n) is 6.94. The zero-order chi connectivity index (χ0) is 20.4. The normalized spacial score (nSPS) is 15.5. The van der Waals surface area contributed by atoms with Crippen molar-refractivity contribution in [2.45, 2.75) is 38.0 Å². The third-order valence-electron chi connectivity index (χ3n) is 4.83. The van der Waals surface area contributed by atoms with E-state index < -0.39 is 10.0 Å². The molecule has 1 aromatic carbocycles. The van der Waals surface area contributed by atoms with E-state index >= 15 is 0 Å². The number of aryl methyl sites for hydroxylation is 1. The lowest BCUT2D eigenvalue weighted by atomic mass is 10.2. The first kappa shape index (κ1) is 19.6. The number of hydrogen-bond acceptors (Lipinski definition) is 7. The highest BCUT2D eigenvalue weighted by atomic mass is 32.2. The van der Waals surface area contributed by atoms with Crippen molar-refractivity contribution in [1.29, 1.82) is 0 Å². The summed E-state index contributed by atoms with van der Waals surface area (Å²) in [4.78, 5) is 8.61. The average molecular weight is 417 g/mol. The van der Waals surface area contributed by atoms with Gasteiger partial charge in [-0.3, -0.25) is 0 Å². The summed E-state index contributed by atoms with van der Waals surface area (Å²) in [6.07, 6.45) is 4.24. The van der Waals surface area contributed by atoms with Crippen LogP contribution in [0.4, 0.5) is 11.5 Å². The van der Waals surface area contributed by atoms with E-state index in [1.54, 1.807) is 27.0 Å². The van der Waals surface area contributed by atoms with Gasteiger partial charge < -0.3 is 10.1 Å². The lowest BCUT2D eigenvalue weighted by Crippen LogP contribution is -2.35. The molecule has 3 aromatic rings. The van der Waals surface area contributed by atoms with Crippen LogP contribution in [0.15, 0.2) is 35.5 Å². The minimum atomic E-state index is -3.65. The first-order valence-electron chi connectivity index (χ1n) is 9.70. The van der Waals surface area contributed by atoms with Crippen LogP contribution in [0.5, 0.6) is 5.75 Å². The van der Waals surface area contributed by atoms with Gasteiger partial charge in [0.1, 0.15) is 22.8 Å². The molecule has 3 heterocycles. The molecular weight excluding hydrogens is 392 g/mol. The molecule has 9 nitrogen and oxygen atoms in total. The van der Waals surface area contributed by atoms with Crippen LogP contribution in [-0.4, -0.2) is 52.0 Å². The van der Waals surface area contributed by atoms with Gasteiger partial charge in [-0.05, 0) is 44.9 Å². The van der Waals surface area contributed by atoms with E-state index in [0.29, 0.717) is 42.7 Å². The molecule has 0 amide bonds. The Morgan fingerprint density at radius 1 is 1.17 bits per heavy atom. The quantitative estimate of drug-likeness (QED) is 0.659. The third kappa shape index (κ3) is 3.90. The molecule has 2 aromatic heterocycles. The average Bonchev–Trinajstić information content (AvgIpc) is 3.18. The first-order valence-corrected chi connectivity index (χ1v) is 11.1. The number of fused-ring (bicyclic) bond motifs is 1. The smallest absolute Gasteiger partial charge is 0.254 e. The van der Waals surface area contributed by atoms with Crippen molar-refractivity contribution >= 4 is 27.3 Å². The van der Waals surface area contributed by atoms with E-state index in [-0.39, 0.29) is 4.90 Å². The summed E-state index contributed by atoms with van der Waals surface area (Å²) in [5.74, 6) is 1.48. The number of aromatic nitrogens is 4. The molecule has 1 fully saturated rings. The van der Waals surface area contributed by atoms with Crippen LogP contribution in [0.1, 0.15) is 31.9 Å². The first-order chi connectivity index (χ1) is 14.0. The second kappa shape index (κ2) is 7.96. The van der Waals surface area contributed by atoms with Crippen LogP contribution < -0.4 is 10.1 Å². The van der Waals surface area contributed by atoms with Crippen molar-refractivity contribution in [2.75, 3.05) is 25.0 Å². The Morgan fingerprint density at radius 2 is 1.97 bits per heavy atom. The maximum atomic E-state index is 13.3. The summed E-state index contributed by atoms with van der Waals surface area (Å²) in [6.45, 7) is 5.16. The minimum absolute atomic E-state index is 0.173. The fraction of sp³-hybridized carbons (Fsp3) is 0.421. The van der Waals surface area contributed by atoms with Gasteiger partial charge in [0, 0.05) is 30.5 Å². The maximum Gasteiger partial charge on any atom is 0.254 e. The number of ether oxygens (including phenoxy) is 1. The maximum absolute atomic E-state index is 13.3. The number of hydrogen-bond donors (Lipinski definition) is 1. The van der Waals surface area contributed by atoms with Gasteiger partial charge in [-0.1, -0.05) is 6.42 Å². The Labute approximate surface area is 169 Å². The lowest BCUT2D eigenvalue weighted by Gasteiger charge is -2.27. The van der Waals surface area contributed by atoms with Crippen LogP contribution >= 0.6 is 0 Å². The Morgan fingerprint density at radius 3 is 2.72 bits per heavy atom. The molecule has 154 valence electrons. The van der Waals surface area contributed by atoms with Crippen molar-refractivity contribution in [3.8, 4) is 5.75 Å². The van der Waals surface area contributed by atoms with Gasteiger partial charge in [0.05, 0.1) is 6.61 Å². The van der Waals surface area contributed by atoms with Crippen molar-refractivity contribution < 1.29 is 13.2 Å². The number of nitrogens with one attached hydrogen (secondary N) is 1. The highest BCUT2D eigenvalue weighted by molar-refractivity contribution is 7.89. The summed E-state index contributed by atoms with van der Waals surface area (Å²) < 4.78 is 35.3. The number of nitrogens with zero attached hydrogens (tertiary/aromatic N) is 5. The van der Waals surface area contributed by atoms with Gasteiger partial charge in [-0.15, -0.1) is 0 Å². The molecule has 0 radical (unpaired) electrons. The molecular formula is C19H24N6O3S. The predicted molar refractivity (Wildman–Crippen MR) is 109 cm³/mol. The van der Waals surface area contributed by atoms with Crippen molar-refractivity contribution in [3.05, 3.63) is 36.3 Å². The Hall–Kier alpha value is -2.72. The molecule has 0 saturated carbocycles. The monoisotopic (exact) mass is 416 g/mol. The number of benzene rings is 1. The van der Waals surface area contributed by atoms with E-state index in [2.05, 4.69) is 20.4 Å². The topological polar surface area (TPSA) is 102 Å². The van der Waals surface area contributed by atoms with Gasteiger partial charge >= 0.3 is 0 Å². The van der Waals surface area contributed by atoms with Gasteiger partial charge in [0.25, 0.3) is 5.78 Å². The lowest BCUT2D eigenvalue weighted by molar-refractivity contribution is 0.323. The Bertz CT molecular complexity index is 1120.